The first-order valence-electron chi connectivity index (χ1n) is 9.66. The van der Waals surface area contributed by atoms with Crippen molar-refractivity contribution in [3.63, 3.8) is 0 Å². The van der Waals surface area contributed by atoms with E-state index in [0.717, 1.165) is 31.0 Å². The molecule has 1 unspecified atom stereocenters. The highest BCUT2D eigenvalue weighted by molar-refractivity contribution is 6.40. The summed E-state index contributed by atoms with van der Waals surface area (Å²) in [5, 5.41) is 28.0. The molecule has 1 atom stereocenters. The number of nitrogens with zero attached hydrogens (tertiary/aromatic N) is 1. The van der Waals surface area contributed by atoms with Gasteiger partial charge in [-0.2, -0.15) is 0 Å². The van der Waals surface area contributed by atoms with Gasteiger partial charge in [0.05, 0.1) is 0 Å². The second-order valence-electron chi connectivity index (χ2n) is 7.61. The molecule has 1 aliphatic rings. The van der Waals surface area contributed by atoms with Crippen molar-refractivity contribution in [1.29, 1.82) is 0 Å². The normalized spacial score (nSPS) is 17.0. The summed E-state index contributed by atoms with van der Waals surface area (Å²) in [7, 11) is -1.34. The molecule has 0 aromatic heterocycles. The molecule has 166 valence electrons. The van der Waals surface area contributed by atoms with E-state index in [1.165, 1.54) is 5.56 Å². The second-order valence-corrected chi connectivity index (χ2v) is 8.04. The lowest BCUT2D eigenvalue weighted by atomic mass is 9.81. The van der Waals surface area contributed by atoms with Gasteiger partial charge in [-0.1, -0.05) is 36.6 Å². The molecule has 1 aromatic rings. The van der Waals surface area contributed by atoms with Crippen LogP contribution in [-0.2, 0) is 4.79 Å². The van der Waals surface area contributed by atoms with E-state index in [1.807, 2.05) is 12.1 Å². The van der Waals surface area contributed by atoms with E-state index in [0.29, 0.717) is 38.1 Å². The van der Waals surface area contributed by atoms with Gasteiger partial charge in [0.2, 0.25) is 0 Å². The van der Waals surface area contributed by atoms with Crippen molar-refractivity contribution in [2.24, 2.45) is 5.73 Å². The maximum atomic E-state index is 11.6. The van der Waals surface area contributed by atoms with Gasteiger partial charge in [-0.25, -0.2) is 0 Å². The van der Waals surface area contributed by atoms with Crippen LogP contribution in [0.1, 0.15) is 50.0 Å². The lowest BCUT2D eigenvalue weighted by molar-refractivity contribution is -0.144. The Hall–Kier alpha value is -0.535. The first kappa shape index (κ1) is 28.5. The number of hydrogen-bond acceptors (Lipinski definition) is 5. The van der Waals surface area contributed by atoms with Gasteiger partial charge in [0, 0.05) is 11.6 Å². The quantitative estimate of drug-likeness (QED) is 0.310. The Labute approximate surface area is 190 Å². The first-order chi connectivity index (χ1) is 12.8. The van der Waals surface area contributed by atoms with E-state index < -0.39 is 18.6 Å². The Morgan fingerprint density at radius 2 is 1.72 bits per heavy atom. The number of carboxylic acid groups (broad SMARTS) is 1. The number of halogens is 3. The van der Waals surface area contributed by atoms with Crippen LogP contribution in [0.2, 0.25) is 11.3 Å². The predicted molar refractivity (Wildman–Crippen MR) is 122 cm³/mol. The Bertz CT molecular complexity index is 602. The molecule has 6 nitrogen and oxygen atoms in total. The number of benzene rings is 1. The van der Waals surface area contributed by atoms with Crippen LogP contribution in [-0.4, -0.2) is 58.3 Å². The molecule has 5 N–H and O–H groups in total. The van der Waals surface area contributed by atoms with Gasteiger partial charge in [-0.05, 0) is 68.7 Å². The zero-order valence-electron chi connectivity index (χ0n) is 16.5. The summed E-state index contributed by atoms with van der Waals surface area (Å²) in [5.74, 6) is -0.464. The van der Waals surface area contributed by atoms with Crippen molar-refractivity contribution >= 4 is 49.5 Å². The summed E-state index contributed by atoms with van der Waals surface area (Å²) < 4.78 is 0. The molecule has 1 aromatic carbocycles. The smallest absolute Gasteiger partial charge is 0.451 e. The zero-order valence-corrected chi connectivity index (χ0v) is 18.9. The van der Waals surface area contributed by atoms with E-state index in [4.69, 9.17) is 27.4 Å². The summed E-state index contributed by atoms with van der Waals surface area (Å²) in [6.07, 6.45) is 4.19. The standard InChI is InChI=1S/C19H30BClN2O4.2ClH/c21-17-5-3-15(4-6-17)16-7-12-23(13-8-16)14-10-19(22,18(24)25)9-1-2-11-20(26)27;;/h3-6,16,26-27H,1-2,7-14,22H2,(H,24,25);2*1H. The largest absolute Gasteiger partial charge is 0.480 e. The number of hydrogen-bond donors (Lipinski definition) is 4. The van der Waals surface area contributed by atoms with Gasteiger partial charge >= 0.3 is 13.1 Å². The van der Waals surface area contributed by atoms with Crippen molar-refractivity contribution in [3.05, 3.63) is 34.9 Å². The van der Waals surface area contributed by atoms with Crippen LogP contribution in [0.15, 0.2) is 24.3 Å². The van der Waals surface area contributed by atoms with Crippen LogP contribution in [0.3, 0.4) is 0 Å². The van der Waals surface area contributed by atoms with Crippen molar-refractivity contribution < 1.29 is 19.9 Å². The molecule has 0 spiro atoms. The molecule has 1 fully saturated rings. The number of rotatable bonds is 10. The molecular formula is C19H32BCl3N2O4. The van der Waals surface area contributed by atoms with E-state index in [1.54, 1.807) is 0 Å². The molecule has 1 heterocycles. The highest BCUT2D eigenvalue weighted by Crippen LogP contribution is 2.29. The van der Waals surface area contributed by atoms with Gasteiger partial charge in [0.1, 0.15) is 5.54 Å². The van der Waals surface area contributed by atoms with Crippen molar-refractivity contribution in [2.75, 3.05) is 19.6 Å². The van der Waals surface area contributed by atoms with E-state index >= 15 is 0 Å². The van der Waals surface area contributed by atoms with Gasteiger partial charge in [-0.15, -0.1) is 24.8 Å². The molecule has 1 aliphatic heterocycles. The fourth-order valence-electron chi connectivity index (χ4n) is 3.69. The summed E-state index contributed by atoms with van der Waals surface area (Å²) in [5.41, 5.74) is 6.20. The number of carboxylic acids is 1. The SMILES string of the molecule is Cl.Cl.NC(CCCCB(O)O)(CCN1CCC(c2ccc(Cl)cc2)CC1)C(=O)O. The maximum absolute atomic E-state index is 11.6. The molecule has 2 rings (SSSR count). The van der Waals surface area contributed by atoms with Gasteiger partial charge in [0.15, 0.2) is 0 Å². The highest BCUT2D eigenvalue weighted by atomic mass is 35.5. The van der Waals surface area contributed by atoms with Gasteiger partial charge in [-0.3, -0.25) is 4.79 Å². The molecule has 0 saturated carbocycles. The van der Waals surface area contributed by atoms with E-state index in [-0.39, 0.29) is 31.1 Å². The van der Waals surface area contributed by atoms with Gasteiger partial charge in [0.25, 0.3) is 0 Å². The molecule has 10 heteroatoms. The fourth-order valence-corrected chi connectivity index (χ4v) is 3.81. The number of nitrogens with two attached hydrogens (primary N) is 1. The maximum Gasteiger partial charge on any atom is 0.451 e. The zero-order chi connectivity index (χ0) is 19.9. The van der Waals surface area contributed by atoms with Crippen LogP contribution in [0.5, 0.6) is 0 Å². The predicted octanol–water partition coefficient (Wildman–Crippen LogP) is 3.18. The monoisotopic (exact) mass is 468 g/mol. The Morgan fingerprint density at radius 1 is 1.14 bits per heavy atom. The van der Waals surface area contributed by atoms with Crippen LogP contribution >= 0.6 is 36.4 Å². The average Bonchev–Trinajstić information content (AvgIpc) is 2.64. The van der Waals surface area contributed by atoms with E-state index in [9.17, 15) is 9.90 Å². The third-order valence-corrected chi connectivity index (χ3v) is 5.82. The minimum absolute atomic E-state index is 0. The summed E-state index contributed by atoms with van der Waals surface area (Å²) >= 11 is 5.95. The minimum atomic E-state index is -1.34. The highest BCUT2D eigenvalue weighted by Gasteiger charge is 2.34. The molecule has 0 radical (unpaired) electrons. The van der Waals surface area contributed by atoms with Crippen LogP contribution in [0.25, 0.3) is 0 Å². The number of likely N-dealkylation sites (tertiary alicyclic amines) is 1. The van der Waals surface area contributed by atoms with Gasteiger partial charge < -0.3 is 25.8 Å². The number of carbonyl (C=O) groups is 1. The van der Waals surface area contributed by atoms with Crippen LogP contribution in [0, 0.1) is 0 Å². The molecule has 29 heavy (non-hydrogen) atoms. The lowest BCUT2D eigenvalue weighted by Crippen LogP contribution is -2.50. The van der Waals surface area contributed by atoms with Crippen molar-refractivity contribution in [3.8, 4) is 0 Å². The summed E-state index contributed by atoms with van der Waals surface area (Å²) in [6.45, 7) is 2.53. The van der Waals surface area contributed by atoms with Crippen molar-refractivity contribution in [1.82, 2.24) is 4.90 Å². The number of piperidine rings is 1. The number of aliphatic carboxylic acids is 1. The Balaban J connectivity index is 0.00000392. The summed E-state index contributed by atoms with van der Waals surface area (Å²) in [4.78, 5) is 13.9. The third-order valence-electron chi connectivity index (χ3n) is 5.56. The molecule has 0 aliphatic carbocycles. The molecule has 0 bridgehead atoms. The summed E-state index contributed by atoms with van der Waals surface area (Å²) in [6, 6.07) is 8.02. The topological polar surface area (TPSA) is 107 Å². The van der Waals surface area contributed by atoms with Crippen molar-refractivity contribution in [2.45, 2.75) is 56.3 Å². The molecule has 0 amide bonds. The first-order valence-corrected chi connectivity index (χ1v) is 10.0. The fraction of sp³-hybridized carbons (Fsp3) is 0.632. The Morgan fingerprint density at radius 3 is 2.24 bits per heavy atom. The third kappa shape index (κ3) is 9.43. The molecule has 1 saturated heterocycles. The lowest BCUT2D eigenvalue weighted by Gasteiger charge is -2.34. The second kappa shape index (κ2) is 13.7. The molecular weight excluding hydrogens is 437 g/mol. The average molecular weight is 470 g/mol. The Kier molecular flexibility index (Phi) is 13.5. The number of unbranched alkanes of at least 4 members (excludes halogenated alkanes) is 1. The van der Waals surface area contributed by atoms with E-state index in [2.05, 4.69) is 17.0 Å². The minimum Gasteiger partial charge on any atom is -0.480 e. The van der Waals surface area contributed by atoms with Crippen LogP contribution < -0.4 is 5.73 Å². The van der Waals surface area contributed by atoms with Crippen LogP contribution in [0.4, 0.5) is 0 Å².